The van der Waals surface area contributed by atoms with Crippen LogP contribution in [0.25, 0.3) is 33.2 Å². The van der Waals surface area contributed by atoms with Gasteiger partial charge in [0.2, 0.25) is 0 Å². The summed E-state index contributed by atoms with van der Waals surface area (Å²) in [7, 11) is 1.87. The van der Waals surface area contributed by atoms with Crippen LogP contribution < -0.4 is 5.32 Å². The Morgan fingerprint density at radius 3 is 2.44 bits per heavy atom. The van der Waals surface area contributed by atoms with Crippen molar-refractivity contribution in [1.82, 2.24) is 4.98 Å². The van der Waals surface area contributed by atoms with Gasteiger partial charge in [0.25, 0.3) is 0 Å². The van der Waals surface area contributed by atoms with Crippen molar-refractivity contribution in [3.05, 3.63) is 70.7 Å². The smallest absolute Gasteiger partial charge is 0.151 e. The number of hydrogen-bond acceptors (Lipinski definition) is 2. The van der Waals surface area contributed by atoms with E-state index in [0.29, 0.717) is 0 Å². The van der Waals surface area contributed by atoms with Crippen LogP contribution in [0, 0.1) is 0 Å². The molecule has 0 fully saturated rings. The molecular formula is C23H21BrN2O. The Hall–Kier alpha value is -2.72. The van der Waals surface area contributed by atoms with Crippen LogP contribution in [0.5, 0.6) is 5.75 Å². The number of hydrogen-bond donors (Lipinski definition) is 3. The molecule has 0 aliphatic carbocycles. The van der Waals surface area contributed by atoms with Crippen LogP contribution in [-0.4, -0.2) is 17.1 Å². The van der Waals surface area contributed by atoms with Crippen molar-refractivity contribution in [1.29, 1.82) is 0 Å². The van der Waals surface area contributed by atoms with Crippen molar-refractivity contribution in [2.24, 2.45) is 0 Å². The Morgan fingerprint density at radius 1 is 0.963 bits per heavy atom. The van der Waals surface area contributed by atoms with E-state index in [1.807, 2.05) is 43.4 Å². The van der Waals surface area contributed by atoms with Crippen LogP contribution >= 0.6 is 15.9 Å². The van der Waals surface area contributed by atoms with Crippen molar-refractivity contribution in [3.63, 3.8) is 0 Å². The summed E-state index contributed by atoms with van der Waals surface area (Å²) in [6.07, 6.45) is 0.869. The number of rotatable bonds is 4. The summed E-state index contributed by atoms with van der Waals surface area (Å²) in [4.78, 5) is 3.40. The average Bonchev–Trinajstić information content (AvgIpc) is 3.03. The maximum absolute atomic E-state index is 11.2. The molecule has 136 valence electrons. The van der Waals surface area contributed by atoms with Crippen LogP contribution in [0.4, 0.5) is 5.82 Å². The molecule has 0 saturated heterocycles. The molecular weight excluding hydrogens is 400 g/mol. The first-order valence-electron chi connectivity index (χ1n) is 9.04. The third kappa shape index (κ3) is 2.90. The fourth-order valence-electron chi connectivity index (χ4n) is 3.73. The number of H-pyrrole nitrogens is 1. The summed E-state index contributed by atoms with van der Waals surface area (Å²) in [5.41, 5.74) is 4.72. The van der Waals surface area contributed by atoms with Gasteiger partial charge in [-0.3, -0.25) is 0 Å². The van der Waals surface area contributed by atoms with E-state index in [1.165, 1.54) is 5.56 Å². The maximum atomic E-state index is 11.2. The highest BCUT2D eigenvalue weighted by Gasteiger charge is 2.22. The largest absolute Gasteiger partial charge is 0.505 e. The van der Waals surface area contributed by atoms with Crippen LogP contribution in [-0.2, 0) is 6.42 Å². The van der Waals surface area contributed by atoms with E-state index in [1.54, 1.807) is 0 Å². The molecule has 3 N–H and O–H groups in total. The molecule has 0 aliphatic rings. The van der Waals surface area contributed by atoms with Crippen molar-refractivity contribution < 1.29 is 5.11 Å². The van der Waals surface area contributed by atoms with E-state index >= 15 is 0 Å². The van der Waals surface area contributed by atoms with Crippen molar-refractivity contribution in [2.45, 2.75) is 13.3 Å². The van der Waals surface area contributed by atoms with E-state index in [9.17, 15) is 5.11 Å². The summed E-state index contributed by atoms with van der Waals surface area (Å²) in [6, 6.07) is 20.5. The molecule has 0 radical (unpaired) electrons. The van der Waals surface area contributed by atoms with Gasteiger partial charge in [-0.05, 0) is 34.4 Å². The molecule has 0 bridgehead atoms. The topological polar surface area (TPSA) is 48.0 Å². The van der Waals surface area contributed by atoms with Gasteiger partial charge in [0.05, 0.1) is 11.3 Å². The number of nitrogens with one attached hydrogen (secondary N) is 2. The Morgan fingerprint density at radius 2 is 1.67 bits per heavy atom. The van der Waals surface area contributed by atoms with Gasteiger partial charge in [-0.25, -0.2) is 0 Å². The lowest BCUT2D eigenvalue weighted by Gasteiger charge is -2.11. The predicted octanol–water partition coefficient (Wildman–Crippen LogP) is 6.57. The molecule has 4 rings (SSSR count). The zero-order valence-corrected chi connectivity index (χ0v) is 16.9. The SMILES string of the molecule is CCc1c(Br)cccc1-c1c(NC)[nH]c(-c2cccc3ccccc23)c1O. The zero-order chi connectivity index (χ0) is 19.0. The molecule has 0 spiro atoms. The summed E-state index contributed by atoms with van der Waals surface area (Å²) >= 11 is 3.65. The van der Waals surface area contributed by atoms with Gasteiger partial charge in [-0.15, -0.1) is 0 Å². The van der Waals surface area contributed by atoms with E-state index in [4.69, 9.17) is 0 Å². The number of aromatic amines is 1. The minimum atomic E-state index is 0.267. The van der Waals surface area contributed by atoms with Gasteiger partial charge >= 0.3 is 0 Å². The normalized spacial score (nSPS) is 11.1. The number of halogens is 1. The molecule has 4 aromatic rings. The van der Waals surface area contributed by atoms with E-state index < -0.39 is 0 Å². The molecule has 0 aliphatic heterocycles. The second-order valence-electron chi connectivity index (χ2n) is 6.49. The van der Waals surface area contributed by atoms with Crippen LogP contribution in [0.3, 0.4) is 0 Å². The minimum Gasteiger partial charge on any atom is -0.505 e. The molecule has 3 aromatic carbocycles. The van der Waals surface area contributed by atoms with E-state index in [0.717, 1.165) is 49.9 Å². The van der Waals surface area contributed by atoms with Crippen LogP contribution in [0.1, 0.15) is 12.5 Å². The second-order valence-corrected chi connectivity index (χ2v) is 7.35. The van der Waals surface area contributed by atoms with E-state index in [-0.39, 0.29) is 5.75 Å². The highest BCUT2D eigenvalue weighted by Crippen LogP contribution is 2.46. The summed E-state index contributed by atoms with van der Waals surface area (Å²) in [6.45, 7) is 2.12. The van der Waals surface area contributed by atoms with Gasteiger partial charge in [-0.1, -0.05) is 77.5 Å². The third-order valence-corrected chi connectivity index (χ3v) is 5.77. The van der Waals surface area contributed by atoms with Crippen molar-refractivity contribution in [3.8, 4) is 28.1 Å². The minimum absolute atomic E-state index is 0.267. The first kappa shape index (κ1) is 17.7. The molecule has 0 amide bonds. The number of benzene rings is 3. The fraction of sp³-hybridized carbons (Fsp3) is 0.130. The fourth-order valence-corrected chi connectivity index (χ4v) is 4.38. The monoisotopic (exact) mass is 420 g/mol. The third-order valence-electron chi connectivity index (χ3n) is 5.02. The molecule has 3 nitrogen and oxygen atoms in total. The molecule has 0 saturated carbocycles. The van der Waals surface area contributed by atoms with Gasteiger partial charge in [0, 0.05) is 17.1 Å². The predicted molar refractivity (Wildman–Crippen MR) is 117 cm³/mol. The Bertz CT molecular complexity index is 1130. The lowest BCUT2D eigenvalue weighted by atomic mass is 9.97. The highest BCUT2D eigenvalue weighted by molar-refractivity contribution is 9.10. The van der Waals surface area contributed by atoms with Gasteiger partial charge in [-0.2, -0.15) is 0 Å². The summed E-state index contributed by atoms with van der Waals surface area (Å²) in [5, 5.41) is 16.7. The molecule has 0 unspecified atom stereocenters. The molecule has 1 aromatic heterocycles. The zero-order valence-electron chi connectivity index (χ0n) is 15.3. The van der Waals surface area contributed by atoms with Crippen molar-refractivity contribution >= 4 is 32.5 Å². The Balaban J connectivity index is 2.00. The van der Waals surface area contributed by atoms with Gasteiger partial charge in [0.1, 0.15) is 5.82 Å². The Labute approximate surface area is 167 Å². The number of aromatic nitrogens is 1. The average molecular weight is 421 g/mol. The van der Waals surface area contributed by atoms with Crippen LogP contribution in [0.15, 0.2) is 65.1 Å². The molecule has 1 heterocycles. The quantitative estimate of drug-likeness (QED) is 0.349. The lowest BCUT2D eigenvalue weighted by Crippen LogP contribution is -1.94. The first-order valence-corrected chi connectivity index (χ1v) is 9.83. The Kier molecular flexibility index (Phi) is 4.66. The van der Waals surface area contributed by atoms with Gasteiger partial charge < -0.3 is 15.4 Å². The lowest BCUT2D eigenvalue weighted by molar-refractivity contribution is 0.480. The van der Waals surface area contributed by atoms with Gasteiger partial charge in [0.15, 0.2) is 5.75 Å². The molecule has 27 heavy (non-hydrogen) atoms. The molecule has 0 atom stereocenters. The maximum Gasteiger partial charge on any atom is 0.151 e. The summed E-state index contributed by atoms with van der Waals surface area (Å²) in [5.74, 6) is 1.08. The van der Waals surface area contributed by atoms with E-state index in [2.05, 4.69) is 57.4 Å². The number of anilines is 1. The molecule has 4 heteroatoms. The van der Waals surface area contributed by atoms with Crippen LogP contribution in [0.2, 0.25) is 0 Å². The highest BCUT2D eigenvalue weighted by atomic mass is 79.9. The standard InChI is InChI=1S/C23H21BrN2O/c1-3-15-17(11-7-13-19(15)24)20-22(27)21(26-23(20)25-2)18-12-6-9-14-8-4-5-10-16(14)18/h4-13,25-27H,3H2,1-2H3. The number of aromatic hydroxyl groups is 1. The number of fused-ring (bicyclic) bond motifs is 1. The second kappa shape index (κ2) is 7.12. The first-order chi connectivity index (χ1) is 13.2. The summed E-state index contributed by atoms with van der Waals surface area (Å²) < 4.78 is 1.05. The van der Waals surface area contributed by atoms with Crippen molar-refractivity contribution in [2.75, 3.05) is 12.4 Å².